The van der Waals surface area contributed by atoms with E-state index in [1.165, 1.54) is 0 Å². The average Bonchev–Trinajstić information content (AvgIpc) is 2.96. The summed E-state index contributed by atoms with van der Waals surface area (Å²) in [5.74, 6) is 1.54. The maximum Gasteiger partial charge on any atom is 0.221 e. The average molecular weight is 299 g/mol. The van der Waals surface area contributed by atoms with Gasteiger partial charge in [0.2, 0.25) is 5.91 Å². The van der Waals surface area contributed by atoms with Gasteiger partial charge in [-0.05, 0) is 24.1 Å². The van der Waals surface area contributed by atoms with Gasteiger partial charge in [0.1, 0.15) is 17.6 Å². The fraction of sp³-hybridized carbons (Fsp3) is 0.294. The Balaban J connectivity index is 2.26. The van der Waals surface area contributed by atoms with Gasteiger partial charge < -0.3 is 14.6 Å². The van der Waals surface area contributed by atoms with Crippen molar-refractivity contribution in [3.8, 4) is 5.75 Å². The molecule has 2 rings (SSSR count). The third-order valence-electron chi connectivity index (χ3n) is 3.45. The van der Waals surface area contributed by atoms with E-state index in [2.05, 4.69) is 16.9 Å². The number of amides is 1. The summed E-state index contributed by atoms with van der Waals surface area (Å²) in [4.78, 5) is 16.5. The van der Waals surface area contributed by atoms with E-state index in [0.717, 1.165) is 17.1 Å². The number of carbonyl (C=O) groups is 1. The molecule has 0 aliphatic carbocycles. The smallest absolute Gasteiger partial charge is 0.221 e. The predicted octanol–water partition coefficient (Wildman–Crippen LogP) is 2.60. The van der Waals surface area contributed by atoms with E-state index < -0.39 is 0 Å². The molecule has 1 N–H and O–H groups in total. The van der Waals surface area contributed by atoms with Crippen LogP contribution < -0.4 is 10.1 Å². The monoisotopic (exact) mass is 299 g/mol. The van der Waals surface area contributed by atoms with Crippen LogP contribution in [0, 0.1) is 0 Å². The van der Waals surface area contributed by atoms with Crippen molar-refractivity contribution in [2.45, 2.75) is 18.9 Å². The Morgan fingerprint density at radius 2 is 2.18 bits per heavy atom. The number of nitrogens with one attached hydrogen (secondary N) is 1. The summed E-state index contributed by atoms with van der Waals surface area (Å²) < 4.78 is 7.08. The van der Waals surface area contributed by atoms with Gasteiger partial charge >= 0.3 is 0 Å². The van der Waals surface area contributed by atoms with Crippen molar-refractivity contribution >= 4 is 5.91 Å². The minimum Gasteiger partial charge on any atom is -0.497 e. The molecule has 0 unspecified atom stereocenters. The van der Waals surface area contributed by atoms with Crippen molar-refractivity contribution in [2.75, 3.05) is 7.11 Å². The molecule has 0 saturated heterocycles. The van der Waals surface area contributed by atoms with Crippen molar-refractivity contribution in [3.05, 3.63) is 60.7 Å². The fourth-order valence-corrected chi connectivity index (χ4v) is 2.21. The Labute approximate surface area is 130 Å². The fourth-order valence-electron chi connectivity index (χ4n) is 2.21. The van der Waals surface area contributed by atoms with Crippen LogP contribution in [0.25, 0.3) is 0 Å². The Morgan fingerprint density at radius 3 is 2.73 bits per heavy atom. The van der Waals surface area contributed by atoms with Gasteiger partial charge in [-0.2, -0.15) is 0 Å². The molecule has 1 heterocycles. The summed E-state index contributed by atoms with van der Waals surface area (Å²) in [6, 6.07) is 7.34. The van der Waals surface area contributed by atoms with Crippen molar-refractivity contribution in [2.24, 2.45) is 7.05 Å². The van der Waals surface area contributed by atoms with Crippen LogP contribution in [0.1, 0.15) is 30.3 Å². The lowest BCUT2D eigenvalue weighted by Crippen LogP contribution is -2.30. The molecule has 0 spiro atoms. The lowest BCUT2D eigenvalue weighted by molar-refractivity contribution is -0.121. The first-order valence-corrected chi connectivity index (χ1v) is 7.17. The van der Waals surface area contributed by atoms with Gasteiger partial charge in [-0.15, -0.1) is 6.58 Å². The first-order valence-electron chi connectivity index (χ1n) is 7.17. The molecule has 1 aromatic heterocycles. The number of allylic oxidation sites excluding steroid dienone is 1. The Kier molecular flexibility index (Phi) is 5.36. The third kappa shape index (κ3) is 3.75. The number of aryl methyl sites for hydroxylation is 1. The summed E-state index contributed by atoms with van der Waals surface area (Å²) in [6.45, 7) is 3.64. The first kappa shape index (κ1) is 15.8. The SMILES string of the molecule is C=CCCC(=O)N[C@@H](c1ccc(OC)cc1)c1nccn1C. The minimum absolute atomic E-state index is 0.0243. The summed E-state index contributed by atoms with van der Waals surface area (Å²) in [5, 5.41) is 3.04. The quantitative estimate of drug-likeness (QED) is 0.800. The van der Waals surface area contributed by atoms with E-state index >= 15 is 0 Å². The maximum absolute atomic E-state index is 12.1. The van der Waals surface area contributed by atoms with Gasteiger partial charge in [0.15, 0.2) is 0 Å². The van der Waals surface area contributed by atoms with Crippen LogP contribution in [-0.4, -0.2) is 22.6 Å². The molecule has 0 bridgehead atoms. The van der Waals surface area contributed by atoms with Crippen LogP contribution in [-0.2, 0) is 11.8 Å². The molecule has 1 atom stereocenters. The van der Waals surface area contributed by atoms with E-state index in [4.69, 9.17) is 4.74 Å². The Hall–Kier alpha value is -2.56. The van der Waals surface area contributed by atoms with E-state index in [1.54, 1.807) is 19.4 Å². The number of carbonyl (C=O) groups excluding carboxylic acids is 1. The number of rotatable bonds is 7. The van der Waals surface area contributed by atoms with Crippen molar-refractivity contribution in [1.29, 1.82) is 0 Å². The second-order valence-corrected chi connectivity index (χ2v) is 5.00. The van der Waals surface area contributed by atoms with E-state index in [1.807, 2.05) is 42.1 Å². The zero-order valence-electron chi connectivity index (χ0n) is 13.0. The normalized spacial score (nSPS) is 11.7. The number of hydrogen-bond acceptors (Lipinski definition) is 3. The molecule has 1 aromatic carbocycles. The molecular formula is C17H21N3O2. The summed E-state index contributed by atoms with van der Waals surface area (Å²) >= 11 is 0. The molecule has 0 fully saturated rings. The van der Waals surface area contributed by atoms with E-state index in [0.29, 0.717) is 12.8 Å². The van der Waals surface area contributed by atoms with Crippen LogP contribution in [0.2, 0.25) is 0 Å². The standard InChI is InChI=1S/C17H21N3O2/c1-4-5-6-15(21)19-16(17-18-11-12-20(17)2)13-7-9-14(22-3)10-8-13/h4,7-12,16H,1,5-6H2,2-3H3,(H,19,21)/t16-/m0/s1. The van der Waals surface area contributed by atoms with Gasteiger partial charge in [0, 0.05) is 25.9 Å². The Bertz CT molecular complexity index is 632. The molecule has 5 heteroatoms. The largest absolute Gasteiger partial charge is 0.497 e. The molecule has 0 aliphatic rings. The molecule has 2 aromatic rings. The zero-order valence-corrected chi connectivity index (χ0v) is 13.0. The van der Waals surface area contributed by atoms with E-state index in [9.17, 15) is 4.79 Å². The molecular weight excluding hydrogens is 278 g/mol. The summed E-state index contributed by atoms with van der Waals surface area (Å²) in [5.41, 5.74) is 0.960. The molecule has 1 amide bonds. The summed E-state index contributed by atoms with van der Waals surface area (Å²) in [7, 11) is 3.54. The van der Waals surface area contributed by atoms with Gasteiger partial charge in [0.25, 0.3) is 0 Å². The molecule has 0 saturated carbocycles. The Morgan fingerprint density at radius 1 is 1.45 bits per heavy atom. The van der Waals surface area contributed by atoms with Crippen LogP contribution in [0.15, 0.2) is 49.3 Å². The number of hydrogen-bond donors (Lipinski definition) is 1. The van der Waals surface area contributed by atoms with E-state index in [-0.39, 0.29) is 11.9 Å². The van der Waals surface area contributed by atoms with Crippen LogP contribution >= 0.6 is 0 Å². The van der Waals surface area contributed by atoms with Gasteiger partial charge in [-0.25, -0.2) is 4.98 Å². The number of methoxy groups -OCH3 is 1. The number of imidazole rings is 1. The van der Waals surface area contributed by atoms with Crippen LogP contribution in [0.3, 0.4) is 0 Å². The van der Waals surface area contributed by atoms with Crippen molar-refractivity contribution < 1.29 is 9.53 Å². The molecule has 116 valence electrons. The van der Waals surface area contributed by atoms with Crippen molar-refractivity contribution in [1.82, 2.24) is 14.9 Å². The molecule has 22 heavy (non-hydrogen) atoms. The highest BCUT2D eigenvalue weighted by molar-refractivity contribution is 5.77. The van der Waals surface area contributed by atoms with Crippen LogP contribution in [0.5, 0.6) is 5.75 Å². The van der Waals surface area contributed by atoms with Gasteiger partial charge in [0.05, 0.1) is 7.11 Å². The van der Waals surface area contributed by atoms with Crippen molar-refractivity contribution in [3.63, 3.8) is 0 Å². The van der Waals surface area contributed by atoms with Crippen LogP contribution in [0.4, 0.5) is 0 Å². The predicted molar refractivity (Wildman–Crippen MR) is 85.6 cm³/mol. The molecule has 0 aliphatic heterocycles. The number of benzene rings is 1. The third-order valence-corrected chi connectivity index (χ3v) is 3.45. The topological polar surface area (TPSA) is 56.1 Å². The second-order valence-electron chi connectivity index (χ2n) is 5.00. The number of nitrogens with zero attached hydrogens (tertiary/aromatic N) is 2. The summed E-state index contributed by atoms with van der Waals surface area (Å²) in [6.07, 6.45) is 6.40. The second kappa shape index (κ2) is 7.45. The zero-order chi connectivity index (χ0) is 15.9. The minimum atomic E-state index is -0.289. The highest BCUT2D eigenvalue weighted by atomic mass is 16.5. The lowest BCUT2D eigenvalue weighted by atomic mass is 10.1. The first-order chi connectivity index (χ1) is 10.7. The molecule has 5 nitrogen and oxygen atoms in total. The van der Waals surface area contributed by atoms with Gasteiger partial charge in [-0.1, -0.05) is 18.2 Å². The number of aromatic nitrogens is 2. The van der Waals surface area contributed by atoms with Gasteiger partial charge in [-0.3, -0.25) is 4.79 Å². The number of ether oxygens (including phenoxy) is 1. The highest BCUT2D eigenvalue weighted by Crippen LogP contribution is 2.23. The molecule has 0 radical (unpaired) electrons. The lowest BCUT2D eigenvalue weighted by Gasteiger charge is -2.19. The highest BCUT2D eigenvalue weighted by Gasteiger charge is 2.20. The maximum atomic E-state index is 12.1.